The molecular formula is C16H17N3O5S. The van der Waals surface area contributed by atoms with Crippen molar-refractivity contribution in [2.24, 2.45) is 0 Å². The molecule has 1 atom stereocenters. The van der Waals surface area contributed by atoms with E-state index < -0.39 is 22.3 Å². The number of amides is 2. The summed E-state index contributed by atoms with van der Waals surface area (Å²) in [6.45, 7) is -0.238. The van der Waals surface area contributed by atoms with E-state index >= 15 is 0 Å². The third-order valence-electron chi connectivity index (χ3n) is 3.28. The summed E-state index contributed by atoms with van der Waals surface area (Å²) < 4.78 is 30.4. The van der Waals surface area contributed by atoms with Crippen molar-refractivity contribution < 1.29 is 22.6 Å². The van der Waals surface area contributed by atoms with Gasteiger partial charge in [-0.25, -0.2) is 4.31 Å². The van der Waals surface area contributed by atoms with Gasteiger partial charge in [0.2, 0.25) is 5.91 Å². The number of β-lactam (4-membered cyclic amide) rings is 1. The zero-order valence-electron chi connectivity index (χ0n) is 13.1. The number of carbonyl (C=O) groups excluding carboxylic acids is 2. The van der Waals surface area contributed by atoms with Gasteiger partial charge in [-0.2, -0.15) is 8.42 Å². The van der Waals surface area contributed by atoms with Crippen molar-refractivity contribution in [1.29, 1.82) is 0 Å². The van der Waals surface area contributed by atoms with Gasteiger partial charge in [-0.3, -0.25) is 19.1 Å². The van der Waals surface area contributed by atoms with Crippen LogP contribution in [0, 0.1) is 0 Å². The predicted octanol–water partition coefficient (Wildman–Crippen LogP) is 0.441. The zero-order chi connectivity index (χ0) is 18.3. The molecule has 0 bridgehead atoms. The summed E-state index contributed by atoms with van der Waals surface area (Å²) in [5.41, 5.74) is 0.790. The summed E-state index contributed by atoms with van der Waals surface area (Å²) in [6, 6.07) is 13.8. The Hall–Kier alpha value is -2.78. The van der Waals surface area contributed by atoms with Crippen LogP contribution >= 0.6 is 0 Å². The molecule has 25 heavy (non-hydrogen) atoms. The van der Waals surface area contributed by atoms with Crippen LogP contribution in [0.15, 0.2) is 60.9 Å². The summed E-state index contributed by atoms with van der Waals surface area (Å²) in [6.07, 6.45) is 3.61. The monoisotopic (exact) mass is 363 g/mol. The Morgan fingerprint density at radius 2 is 1.76 bits per heavy atom. The van der Waals surface area contributed by atoms with Crippen LogP contribution in [-0.4, -0.2) is 46.7 Å². The van der Waals surface area contributed by atoms with Gasteiger partial charge in [0.05, 0.1) is 13.0 Å². The molecule has 3 rings (SSSR count). The van der Waals surface area contributed by atoms with Crippen molar-refractivity contribution >= 4 is 22.1 Å². The fourth-order valence-corrected chi connectivity index (χ4v) is 2.74. The molecule has 2 amide bonds. The lowest BCUT2D eigenvalue weighted by atomic mass is 10.1. The van der Waals surface area contributed by atoms with Crippen molar-refractivity contribution in [3.8, 4) is 0 Å². The molecule has 0 aliphatic carbocycles. The van der Waals surface area contributed by atoms with Gasteiger partial charge >= 0.3 is 10.3 Å². The lowest BCUT2D eigenvalue weighted by Gasteiger charge is -2.35. The molecule has 1 aromatic carbocycles. The first-order valence-electron chi connectivity index (χ1n) is 7.35. The number of hydrogen-bond donors (Lipinski definition) is 2. The smallest absolute Gasteiger partial charge is 0.342 e. The van der Waals surface area contributed by atoms with E-state index in [1.165, 1.54) is 0 Å². The molecule has 2 aromatic rings. The second-order valence-corrected chi connectivity index (χ2v) is 6.49. The Morgan fingerprint density at radius 3 is 2.20 bits per heavy atom. The minimum atomic E-state index is -4.51. The first-order chi connectivity index (χ1) is 11.9. The van der Waals surface area contributed by atoms with E-state index in [0.29, 0.717) is 4.31 Å². The van der Waals surface area contributed by atoms with Crippen molar-refractivity contribution in [3.05, 3.63) is 66.5 Å². The van der Waals surface area contributed by atoms with Crippen molar-refractivity contribution in [3.63, 3.8) is 0 Å². The lowest BCUT2D eigenvalue weighted by molar-refractivity contribution is -0.140. The summed E-state index contributed by atoms with van der Waals surface area (Å²) in [7, 11) is -4.51. The highest BCUT2D eigenvalue weighted by Crippen LogP contribution is 2.14. The van der Waals surface area contributed by atoms with Gasteiger partial charge in [0.25, 0.3) is 5.91 Å². The first-order valence-corrected chi connectivity index (χ1v) is 8.75. The van der Waals surface area contributed by atoms with E-state index in [9.17, 15) is 18.0 Å². The second kappa shape index (κ2) is 8.36. The summed E-state index contributed by atoms with van der Waals surface area (Å²) in [5.74, 6) is -1.21. The molecule has 9 heteroatoms. The van der Waals surface area contributed by atoms with Crippen molar-refractivity contribution in [2.45, 2.75) is 12.5 Å². The van der Waals surface area contributed by atoms with Gasteiger partial charge in [0.15, 0.2) is 0 Å². The molecule has 0 saturated carbocycles. The van der Waals surface area contributed by atoms with Gasteiger partial charge in [-0.15, -0.1) is 0 Å². The highest BCUT2D eigenvalue weighted by molar-refractivity contribution is 7.84. The Morgan fingerprint density at radius 1 is 1.16 bits per heavy atom. The number of pyridine rings is 1. The molecule has 1 fully saturated rings. The van der Waals surface area contributed by atoms with E-state index in [2.05, 4.69) is 10.3 Å². The van der Waals surface area contributed by atoms with Crippen LogP contribution in [0.4, 0.5) is 0 Å². The van der Waals surface area contributed by atoms with Crippen LogP contribution < -0.4 is 5.32 Å². The molecular weight excluding hydrogens is 346 g/mol. The fourth-order valence-electron chi connectivity index (χ4n) is 2.05. The molecule has 1 unspecified atom stereocenters. The molecule has 1 aromatic heterocycles. The highest BCUT2D eigenvalue weighted by atomic mass is 32.2. The Bertz CT molecular complexity index is 785. The summed E-state index contributed by atoms with van der Waals surface area (Å²) in [4.78, 5) is 26.8. The van der Waals surface area contributed by atoms with Gasteiger partial charge in [0.1, 0.15) is 6.04 Å². The van der Waals surface area contributed by atoms with Gasteiger partial charge in [-0.1, -0.05) is 36.4 Å². The van der Waals surface area contributed by atoms with E-state index in [1.54, 1.807) is 36.7 Å². The highest BCUT2D eigenvalue weighted by Gasteiger charge is 2.44. The van der Waals surface area contributed by atoms with Crippen molar-refractivity contribution in [2.75, 3.05) is 6.54 Å². The Balaban J connectivity index is 0.000000316. The van der Waals surface area contributed by atoms with Crippen LogP contribution in [0.5, 0.6) is 0 Å². The Kier molecular flexibility index (Phi) is 6.20. The molecule has 2 N–H and O–H groups in total. The molecule has 0 spiro atoms. The second-order valence-electron chi connectivity index (χ2n) is 5.15. The molecule has 1 aliphatic heterocycles. The molecule has 8 nitrogen and oxygen atoms in total. The normalized spacial score (nSPS) is 16.3. The molecule has 1 saturated heterocycles. The SMILES string of the molecule is O=C(Cc1ccccc1)NC1CN(S(=O)(=O)O)C1=O.c1ccncc1. The zero-order valence-corrected chi connectivity index (χ0v) is 14.0. The third-order valence-corrected chi connectivity index (χ3v) is 4.17. The molecule has 132 valence electrons. The quantitative estimate of drug-likeness (QED) is 0.601. The fraction of sp³-hybridized carbons (Fsp3) is 0.188. The molecule has 1 aliphatic rings. The van der Waals surface area contributed by atoms with E-state index in [-0.39, 0.29) is 18.9 Å². The van der Waals surface area contributed by atoms with Crippen LogP contribution in [0.3, 0.4) is 0 Å². The summed E-state index contributed by atoms with van der Waals surface area (Å²) >= 11 is 0. The standard InChI is InChI=1S/C11H12N2O5S.C5H5N/c14-10(6-8-4-2-1-3-5-8)12-9-7-13(11(9)15)19(16,17)18;1-2-4-6-5-3-1/h1-5,9H,6-7H2,(H,12,14)(H,16,17,18);1-5H. The minimum Gasteiger partial charge on any atom is -0.342 e. The van der Waals surface area contributed by atoms with Crippen LogP contribution in [0.2, 0.25) is 0 Å². The number of hydrogen-bond acceptors (Lipinski definition) is 5. The molecule has 0 radical (unpaired) electrons. The summed E-state index contributed by atoms with van der Waals surface area (Å²) in [5, 5.41) is 2.41. The Labute approximate surface area is 145 Å². The van der Waals surface area contributed by atoms with Crippen LogP contribution in [0.1, 0.15) is 5.56 Å². The maximum Gasteiger partial charge on any atom is 0.362 e. The first kappa shape index (κ1) is 18.6. The van der Waals surface area contributed by atoms with E-state index in [1.807, 2.05) is 24.3 Å². The van der Waals surface area contributed by atoms with Crippen LogP contribution in [0.25, 0.3) is 0 Å². The predicted molar refractivity (Wildman–Crippen MR) is 89.6 cm³/mol. The van der Waals surface area contributed by atoms with Crippen LogP contribution in [-0.2, 0) is 26.3 Å². The number of nitrogens with one attached hydrogen (secondary N) is 1. The average Bonchev–Trinajstić information content (AvgIpc) is 2.60. The number of nitrogens with zero attached hydrogens (tertiary/aromatic N) is 2. The van der Waals surface area contributed by atoms with Gasteiger partial charge in [0, 0.05) is 12.4 Å². The number of carbonyl (C=O) groups is 2. The lowest BCUT2D eigenvalue weighted by Crippen LogP contribution is -2.65. The topological polar surface area (TPSA) is 117 Å². The van der Waals surface area contributed by atoms with E-state index in [0.717, 1.165) is 5.56 Å². The van der Waals surface area contributed by atoms with Gasteiger partial charge in [-0.05, 0) is 17.7 Å². The number of benzene rings is 1. The number of rotatable bonds is 4. The number of aromatic nitrogens is 1. The van der Waals surface area contributed by atoms with Gasteiger partial charge < -0.3 is 5.32 Å². The molecule has 2 heterocycles. The maximum absolute atomic E-state index is 11.6. The van der Waals surface area contributed by atoms with Crippen molar-refractivity contribution in [1.82, 2.24) is 14.6 Å². The maximum atomic E-state index is 11.6. The minimum absolute atomic E-state index is 0.108. The largest absolute Gasteiger partial charge is 0.362 e. The van der Waals surface area contributed by atoms with E-state index in [4.69, 9.17) is 4.55 Å². The third kappa shape index (κ3) is 5.66. The average molecular weight is 363 g/mol.